The molecule has 0 aliphatic carbocycles. The van der Waals surface area contributed by atoms with Gasteiger partial charge in [0.2, 0.25) is 0 Å². The Hall–Kier alpha value is -0.500. The second-order valence-electron chi connectivity index (χ2n) is 3.95. The smallest absolute Gasteiger partial charge is 0.0878 e. The van der Waals surface area contributed by atoms with E-state index < -0.39 is 0 Å². The molecule has 0 radical (unpaired) electrons. The molecule has 1 rings (SSSR count). The Kier molecular flexibility index (Phi) is 4.29. The molecule has 0 saturated heterocycles. The third-order valence-electron chi connectivity index (χ3n) is 2.82. The van der Waals surface area contributed by atoms with Crippen LogP contribution in [-0.4, -0.2) is 18.3 Å². The molecule has 2 heteroatoms. The normalized spacial score (nSPS) is 24.8. The lowest BCUT2D eigenvalue weighted by molar-refractivity contribution is 0.193. The number of ether oxygens (including phenoxy) is 1. The lowest BCUT2D eigenvalue weighted by atomic mass is 9.86. The van der Waals surface area contributed by atoms with Crippen LogP contribution in [0.1, 0.15) is 33.1 Å². The average Bonchev–Trinajstić information content (AvgIpc) is 2.15. The molecule has 1 heterocycles. The molecule has 2 nitrogen and oxygen atoms in total. The van der Waals surface area contributed by atoms with Crippen molar-refractivity contribution in [1.82, 2.24) is 0 Å². The van der Waals surface area contributed by atoms with E-state index in [1.807, 2.05) is 6.26 Å². The molecule has 0 aromatic carbocycles. The minimum Gasteiger partial charge on any atom is -0.501 e. The van der Waals surface area contributed by atoms with Crippen LogP contribution >= 0.6 is 0 Å². The van der Waals surface area contributed by atoms with Crippen molar-refractivity contribution >= 4 is 0 Å². The third-order valence-corrected chi connectivity index (χ3v) is 2.82. The maximum atomic E-state index is 8.73. The topological polar surface area (TPSA) is 29.5 Å². The fourth-order valence-electron chi connectivity index (χ4n) is 1.85. The Morgan fingerprint density at radius 1 is 1.69 bits per heavy atom. The van der Waals surface area contributed by atoms with Crippen LogP contribution in [0.25, 0.3) is 0 Å². The highest BCUT2D eigenvalue weighted by atomic mass is 16.5. The van der Waals surface area contributed by atoms with Crippen molar-refractivity contribution < 1.29 is 9.84 Å². The van der Waals surface area contributed by atoms with Gasteiger partial charge in [-0.05, 0) is 36.7 Å². The lowest BCUT2D eigenvalue weighted by Gasteiger charge is -2.25. The van der Waals surface area contributed by atoms with Gasteiger partial charge in [0.15, 0.2) is 0 Å². The first-order valence-corrected chi connectivity index (χ1v) is 5.18. The summed E-state index contributed by atoms with van der Waals surface area (Å²) in [7, 11) is 0. The summed E-state index contributed by atoms with van der Waals surface area (Å²) in [4.78, 5) is 0. The second kappa shape index (κ2) is 5.28. The van der Waals surface area contributed by atoms with E-state index in [1.165, 1.54) is 5.57 Å². The minimum absolute atomic E-state index is 0.298. The molecule has 13 heavy (non-hydrogen) atoms. The van der Waals surface area contributed by atoms with Crippen molar-refractivity contribution in [3.63, 3.8) is 0 Å². The van der Waals surface area contributed by atoms with Crippen LogP contribution in [0.4, 0.5) is 0 Å². The van der Waals surface area contributed by atoms with Crippen LogP contribution in [0.3, 0.4) is 0 Å². The lowest BCUT2D eigenvalue weighted by Crippen LogP contribution is -2.15. The molecule has 2 atom stereocenters. The van der Waals surface area contributed by atoms with Crippen LogP contribution in [0.5, 0.6) is 0 Å². The molecule has 1 aliphatic rings. The molecule has 2 unspecified atom stereocenters. The third kappa shape index (κ3) is 3.03. The maximum Gasteiger partial charge on any atom is 0.0878 e. The van der Waals surface area contributed by atoms with E-state index in [0.29, 0.717) is 18.4 Å². The molecule has 1 N–H and O–H groups in total. The van der Waals surface area contributed by atoms with Crippen molar-refractivity contribution in [3.8, 4) is 0 Å². The Morgan fingerprint density at radius 3 is 3.08 bits per heavy atom. The van der Waals surface area contributed by atoms with Crippen molar-refractivity contribution in [2.45, 2.75) is 33.1 Å². The summed E-state index contributed by atoms with van der Waals surface area (Å²) in [6.45, 7) is 5.63. The number of hydrogen-bond donors (Lipinski definition) is 1. The summed E-state index contributed by atoms with van der Waals surface area (Å²) in [5.41, 5.74) is 1.42. The molecule has 0 bridgehead atoms. The quantitative estimate of drug-likeness (QED) is 0.726. The van der Waals surface area contributed by atoms with Gasteiger partial charge in [-0.25, -0.2) is 0 Å². The molecule has 76 valence electrons. The molecule has 0 aromatic heterocycles. The number of allylic oxidation sites excluding steroid dienone is 1. The number of aliphatic hydroxyl groups is 1. The van der Waals surface area contributed by atoms with E-state index in [-0.39, 0.29) is 0 Å². The fraction of sp³-hybridized carbons (Fsp3) is 0.818. The summed E-state index contributed by atoms with van der Waals surface area (Å²) < 4.78 is 5.33. The Morgan fingerprint density at radius 2 is 2.46 bits per heavy atom. The molecule has 0 amide bonds. The zero-order valence-corrected chi connectivity index (χ0v) is 8.62. The van der Waals surface area contributed by atoms with Gasteiger partial charge in [0.05, 0.1) is 12.9 Å². The number of rotatable bonds is 4. The van der Waals surface area contributed by atoms with Gasteiger partial charge in [0.25, 0.3) is 0 Å². The summed E-state index contributed by atoms with van der Waals surface area (Å²) >= 11 is 0. The van der Waals surface area contributed by atoms with Crippen LogP contribution in [0.2, 0.25) is 0 Å². The Labute approximate surface area is 80.6 Å². The predicted octanol–water partition coefficient (Wildman–Crippen LogP) is 2.34. The first kappa shape index (κ1) is 10.6. The summed E-state index contributed by atoms with van der Waals surface area (Å²) in [5, 5.41) is 8.73. The molecule has 0 saturated carbocycles. The SMILES string of the molecule is CC(CCCO)C1=COCCC1C. The molecular formula is C11H20O2. The van der Waals surface area contributed by atoms with Crippen LogP contribution in [0.15, 0.2) is 11.8 Å². The van der Waals surface area contributed by atoms with Gasteiger partial charge in [-0.15, -0.1) is 0 Å². The van der Waals surface area contributed by atoms with Gasteiger partial charge < -0.3 is 9.84 Å². The van der Waals surface area contributed by atoms with E-state index in [9.17, 15) is 0 Å². The molecular weight excluding hydrogens is 164 g/mol. The van der Waals surface area contributed by atoms with E-state index in [1.54, 1.807) is 0 Å². The highest BCUT2D eigenvalue weighted by molar-refractivity contribution is 5.08. The van der Waals surface area contributed by atoms with Crippen molar-refractivity contribution in [1.29, 1.82) is 0 Å². The highest BCUT2D eigenvalue weighted by Gasteiger charge is 2.18. The molecule has 0 fully saturated rings. The second-order valence-corrected chi connectivity index (χ2v) is 3.95. The van der Waals surface area contributed by atoms with Crippen molar-refractivity contribution in [3.05, 3.63) is 11.8 Å². The van der Waals surface area contributed by atoms with E-state index >= 15 is 0 Å². The highest BCUT2D eigenvalue weighted by Crippen LogP contribution is 2.28. The molecule has 0 spiro atoms. The maximum absolute atomic E-state index is 8.73. The van der Waals surface area contributed by atoms with Crippen LogP contribution < -0.4 is 0 Å². The molecule has 1 aliphatic heterocycles. The van der Waals surface area contributed by atoms with Crippen molar-refractivity contribution in [2.75, 3.05) is 13.2 Å². The van der Waals surface area contributed by atoms with Gasteiger partial charge in [-0.2, -0.15) is 0 Å². The first-order chi connectivity index (χ1) is 6.25. The predicted molar refractivity (Wildman–Crippen MR) is 53.3 cm³/mol. The van der Waals surface area contributed by atoms with E-state index in [4.69, 9.17) is 9.84 Å². The first-order valence-electron chi connectivity index (χ1n) is 5.18. The average molecular weight is 184 g/mol. The zero-order valence-electron chi connectivity index (χ0n) is 8.62. The fourth-order valence-corrected chi connectivity index (χ4v) is 1.85. The summed E-state index contributed by atoms with van der Waals surface area (Å²) in [5.74, 6) is 1.21. The van der Waals surface area contributed by atoms with Gasteiger partial charge in [-0.1, -0.05) is 13.8 Å². The van der Waals surface area contributed by atoms with Gasteiger partial charge in [-0.3, -0.25) is 0 Å². The van der Waals surface area contributed by atoms with Crippen LogP contribution in [0, 0.1) is 11.8 Å². The Balaban J connectivity index is 2.43. The van der Waals surface area contributed by atoms with Gasteiger partial charge in [0, 0.05) is 6.61 Å². The van der Waals surface area contributed by atoms with Crippen molar-refractivity contribution in [2.24, 2.45) is 11.8 Å². The number of hydrogen-bond acceptors (Lipinski definition) is 2. The van der Waals surface area contributed by atoms with Gasteiger partial charge >= 0.3 is 0 Å². The minimum atomic E-state index is 0.298. The summed E-state index contributed by atoms with van der Waals surface area (Å²) in [6.07, 6.45) is 5.02. The Bertz CT molecular complexity index is 175. The van der Waals surface area contributed by atoms with E-state index in [0.717, 1.165) is 25.9 Å². The summed E-state index contributed by atoms with van der Waals surface area (Å²) in [6, 6.07) is 0. The van der Waals surface area contributed by atoms with Crippen LogP contribution in [-0.2, 0) is 4.74 Å². The molecule has 0 aromatic rings. The number of aliphatic hydroxyl groups excluding tert-OH is 1. The largest absolute Gasteiger partial charge is 0.501 e. The van der Waals surface area contributed by atoms with Gasteiger partial charge in [0.1, 0.15) is 0 Å². The van der Waals surface area contributed by atoms with E-state index in [2.05, 4.69) is 13.8 Å². The standard InChI is InChI=1S/C11H20O2/c1-9(4-3-6-12)11-8-13-7-5-10(11)2/h8-10,12H,3-7H2,1-2H3. The monoisotopic (exact) mass is 184 g/mol. The zero-order chi connectivity index (χ0) is 9.68.